The summed E-state index contributed by atoms with van der Waals surface area (Å²) >= 11 is 0. The monoisotopic (exact) mass is 404 g/mol. The summed E-state index contributed by atoms with van der Waals surface area (Å²) < 4.78 is 32.0. The van der Waals surface area contributed by atoms with Gasteiger partial charge in [-0.05, 0) is 62.6 Å². The zero-order chi connectivity index (χ0) is 20.7. The zero-order valence-electron chi connectivity index (χ0n) is 16.7. The largest absolute Gasteiger partial charge is 0.497 e. The molecule has 6 nitrogen and oxygen atoms in total. The van der Waals surface area contributed by atoms with E-state index < -0.39 is 10.0 Å². The summed E-state index contributed by atoms with van der Waals surface area (Å²) in [6, 6.07) is 13.9. The Balaban J connectivity index is 1.88. The van der Waals surface area contributed by atoms with Crippen LogP contribution in [0.1, 0.15) is 44.4 Å². The van der Waals surface area contributed by atoms with Crippen LogP contribution < -0.4 is 14.8 Å². The number of rotatable bonds is 9. The second kappa shape index (κ2) is 9.71. The van der Waals surface area contributed by atoms with Crippen LogP contribution in [0.15, 0.2) is 53.4 Å². The van der Waals surface area contributed by atoms with Crippen molar-refractivity contribution in [2.45, 2.75) is 50.6 Å². The minimum Gasteiger partial charge on any atom is -0.497 e. The molecule has 2 aromatic carbocycles. The van der Waals surface area contributed by atoms with E-state index in [0.717, 1.165) is 16.9 Å². The molecule has 2 rings (SSSR count). The molecule has 1 atom stereocenters. The Morgan fingerprint density at radius 3 is 2.14 bits per heavy atom. The maximum absolute atomic E-state index is 12.2. The van der Waals surface area contributed by atoms with Crippen molar-refractivity contribution in [3.05, 3.63) is 59.7 Å². The summed E-state index contributed by atoms with van der Waals surface area (Å²) in [6.07, 6.45) is 0.871. The second-order valence-corrected chi connectivity index (χ2v) is 8.70. The first-order valence-electron chi connectivity index (χ1n) is 9.26. The van der Waals surface area contributed by atoms with E-state index in [0.29, 0.717) is 12.8 Å². The molecule has 0 aliphatic rings. The Morgan fingerprint density at radius 2 is 1.61 bits per heavy atom. The average Bonchev–Trinajstić information content (AvgIpc) is 2.65. The number of amides is 1. The molecule has 2 N–H and O–H groups in total. The van der Waals surface area contributed by atoms with E-state index >= 15 is 0 Å². The van der Waals surface area contributed by atoms with Gasteiger partial charge in [-0.25, -0.2) is 13.1 Å². The number of sulfonamides is 1. The summed E-state index contributed by atoms with van der Waals surface area (Å²) in [4.78, 5) is 12.5. The predicted molar refractivity (Wildman–Crippen MR) is 110 cm³/mol. The van der Waals surface area contributed by atoms with E-state index in [-0.39, 0.29) is 22.9 Å². The number of aryl methyl sites for hydroxylation is 1. The average molecular weight is 405 g/mol. The third kappa shape index (κ3) is 6.35. The molecule has 0 fully saturated rings. The van der Waals surface area contributed by atoms with E-state index in [9.17, 15) is 13.2 Å². The van der Waals surface area contributed by atoms with Crippen molar-refractivity contribution in [3.63, 3.8) is 0 Å². The van der Waals surface area contributed by atoms with Crippen molar-refractivity contribution >= 4 is 15.9 Å². The maximum Gasteiger partial charge on any atom is 0.240 e. The van der Waals surface area contributed by atoms with Gasteiger partial charge in [-0.1, -0.05) is 24.3 Å². The van der Waals surface area contributed by atoms with Crippen LogP contribution in [0.3, 0.4) is 0 Å². The van der Waals surface area contributed by atoms with E-state index in [1.165, 1.54) is 0 Å². The lowest BCUT2D eigenvalue weighted by Crippen LogP contribution is -2.30. The van der Waals surface area contributed by atoms with Crippen molar-refractivity contribution < 1.29 is 17.9 Å². The minimum atomic E-state index is -3.50. The molecule has 152 valence electrons. The van der Waals surface area contributed by atoms with Crippen LogP contribution in [0.5, 0.6) is 5.75 Å². The van der Waals surface area contributed by atoms with Crippen LogP contribution in [0.4, 0.5) is 0 Å². The summed E-state index contributed by atoms with van der Waals surface area (Å²) in [6.45, 7) is 5.48. The van der Waals surface area contributed by atoms with Crippen LogP contribution in [0, 0.1) is 0 Å². The summed E-state index contributed by atoms with van der Waals surface area (Å²) in [7, 11) is -1.88. The molecule has 7 heteroatoms. The van der Waals surface area contributed by atoms with Crippen LogP contribution in [0.25, 0.3) is 0 Å². The molecule has 0 aromatic heterocycles. The molecule has 0 unspecified atom stereocenters. The molecule has 0 aliphatic carbocycles. The molecule has 0 spiro atoms. The molecule has 1 amide bonds. The maximum atomic E-state index is 12.2. The molecule has 0 heterocycles. The number of benzene rings is 2. The van der Waals surface area contributed by atoms with Gasteiger partial charge in [0.05, 0.1) is 18.0 Å². The molecule has 2 aromatic rings. The van der Waals surface area contributed by atoms with Gasteiger partial charge in [0.25, 0.3) is 0 Å². The Labute approximate surface area is 167 Å². The minimum absolute atomic E-state index is 0.0542. The molecular formula is C21H28N2O4S. The third-order valence-electron chi connectivity index (χ3n) is 4.26. The zero-order valence-corrected chi connectivity index (χ0v) is 17.5. The fourth-order valence-corrected chi connectivity index (χ4v) is 4.01. The van der Waals surface area contributed by atoms with E-state index in [1.807, 2.05) is 31.2 Å². The molecule has 0 saturated heterocycles. The first-order chi connectivity index (χ1) is 13.2. The first-order valence-corrected chi connectivity index (χ1v) is 10.7. The van der Waals surface area contributed by atoms with Gasteiger partial charge in [-0.15, -0.1) is 0 Å². The lowest BCUT2D eigenvalue weighted by molar-refractivity contribution is -0.121. The Hall–Kier alpha value is -2.38. The van der Waals surface area contributed by atoms with Gasteiger partial charge < -0.3 is 10.1 Å². The topological polar surface area (TPSA) is 84.5 Å². The molecule has 0 radical (unpaired) electrons. The van der Waals surface area contributed by atoms with Gasteiger partial charge in [0, 0.05) is 12.5 Å². The van der Waals surface area contributed by atoms with Crippen molar-refractivity contribution in [1.29, 1.82) is 0 Å². The van der Waals surface area contributed by atoms with Gasteiger partial charge in [-0.2, -0.15) is 0 Å². The van der Waals surface area contributed by atoms with E-state index in [4.69, 9.17) is 4.74 Å². The summed E-state index contributed by atoms with van der Waals surface area (Å²) in [5.41, 5.74) is 1.91. The fourth-order valence-electron chi connectivity index (χ4n) is 2.76. The quantitative estimate of drug-likeness (QED) is 0.672. The van der Waals surface area contributed by atoms with E-state index in [2.05, 4.69) is 10.0 Å². The SMILES string of the molecule is COc1ccc([C@H](C)NC(=O)CCc2ccc(S(=O)(=O)NC(C)C)cc2)cc1. The number of ether oxygens (including phenoxy) is 1. The van der Waals surface area contributed by atoms with Gasteiger partial charge in [0.1, 0.15) is 5.75 Å². The highest BCUT2D eigenvalue weighted by Crippen LogP contribution is 2.18. The van der Waals surface area contributed by atoms with Crippen LogP contribution in [-0.4, -0.2) is 27.5 Å². The van der Waals surface area contributed by atoms with Gasteiger partial charge in [-0.3, -0.25) is 4.79 Å². The number of hydrogen-bond acceptors (Lipinski definition) is 4. The van der Waals surface area contributed by atoms with Gasteiger partial charge in [0.2, 0.25) is 15.9 Å². The van der Waals surface area contributed by atoms with Crippen molar-refractivity contribution in [2.24, 2.45) is 0 Å². The second-order valence-electron chi connectivity index (χ2n) is 6.98. The summed E-state index contributed by atoms with van der Waals surface area (Å²) in [5, 5.41) is 2.98. The molecule has 28 heavy (non-hydrogen) atoms. The lowest BCUT2D eigenvalue weighted by atomic mass is 10.1. The highest BCUT2D eigenvalue weighted by molar-refractivity contribution is 7.89. The molecule has 0 aliphatic heterocycles. The van der Waals surface area contributed by atoms with E-state index in [1.54, 1.807) is 45.2 Å². The summed E-state index contributed by atoms with van der Waals surface area (Å²) in [5.74, 6) is 0.720. The predicted octanol–water partition coefficient (Wildman–Crippen LogP) is 3.19. The van der Waals surface area contributed by atoms with Crippen LogP contribution in [-0.2, 0) is 21.2 Å². The lowest BCUT2D eigenvalue weighted by Gasteiger charge is -2.15. The highest BCUT2D eigenvalue weighted by Gasteiger charge is 2.15. The standard InChI is InChI=1S/C21H28N2O4S/c1-15(2)23-28(25,26)20-12-5-17(6-13-20)7-14-21(24)22-16(3)18-8-10-19(27-4)11-9-18/h5-6,8-13,15-16,23H,7,14H2,1-4H3,(H,22,24)/t16-/m0/s1. The third-order valence-corrected chi connectivity index (χ3v) is 5.93. The first kappa shape index (κ1) is 21.9. The Bertz CT molecular complexity index is 876. The van der Waals surface area contributed by atoms with Crippen molar-refractivity contribution in [1.82, 2.24) is 10.0 Å². The molecular weight excluding hydrogens is 376 g/mol. The number of carbonyl (C=O) groups is 1. The Morgan fingerprint density at radius 1 is 1.00 bits per heavy atom. The van der Waals surface area contributed by atoms with Crippen molar-refractivity contribution in [2.75, 3.05) is 7.11 Å². The Kier molecular flexibility index (Phi) is 7.60. The molecule has 0 saturated carbocycles. The fraction of sp³-hybridized carbons (Fsp3) is 0.381. The van der Waals surface area contributed by atoms with Crippen LogP contribution >= 0.6 is 0 Å². The highest BCUT2D eigenvalue weighted by atomic mass is 32.2. The van der Waals surface area contributed by atoms with Gasteiger partial charge in [0.15, 0.2) is 0 Å². The number of hydrogen-bond donors (Lipinski definition) is 2. The van der Waals surface area contributed by atoms with Crippen LogP contribution in [0.2, 0.25) is 0 Å². The number of nitrogens with one attached hydrogen (secondary N) is 2. The van der Waals surface area contributed by atoms with Gasteiger partial charge >= 0.3 is 0 Å². The number of methoxy groups -OCH3 is 1. The normalized spacial score (nSPS) is 12.6. The smallest absolute Gasteiger partial charge is 0.240 e. The number of carbonyl (C=O) groups excluding carboxylic acids is 1. The molecule has 0 bridgehead atoms. The van der Waals surface area contributed by atoms with Crippen molar-refractivity contribution in [3.8, 4) is 5.75 Å².